The van der Waals surface area contributed by atoms with E-state index in [2.05, 4.69) is 15.3 Å². The van der Waals surface area contributed by atoms with E-state index in [1.54, 1.807) is 20.1 Å². The highest BCUT2D eigenvalue weighted by molar-refractivity contribution is 7.98. The minimum absolute atomic E-state index is 0.0422. The molecule has 0 aliphatic heterocycles. The predicted octanol–water partition coefficient (Wildman–Crippen LogP) is 3.89. The molecular formula is C22H22ClN3O3S. The summed E-state index contributed by atoms with van der Waals surface area (Å²) in [5.41, 5.74) is 2.48. The van der Waals surface area contributed by atoms with Crippen LogP contribution in [0.5, 0.6) is 5.75 Å². The first-order valence-electron chi connectivity index (χ1n) is 9.32. The zero-order valence-electron chi connectivity index (χ0n) is 16.7. The number of thioether (sulfide) groups is 1. The number of methoxy groups -OCH3 is 1. The molecule has 2 aromatic carbocycles. The van der Waals surface area contributed by atoms with Crippen molar-refractivity contribution in [1.82, 2.24) is 15.3 Å². The third-order valence-corrected chi connectivity index (χ3v) is 5.79. The Morgan fingerprint density at radius 3 is 2.77 bits per heavy atom. The maximum Gasteiger partial charge on any atom is 0.255 e. The SMILES string of the molecule is COc1cccc(CSc2nc(C)c(CC(=O)NCc3ccccc3Cl)c(=O)[nH]2)c1. The first-order valence-corrected chi connectivity index (χ1v) is 10.7. The highest BCUT2D eigenvalue weighted by atomic mass is 35.5. The van der Waals surface area contributed by atoms with Gasteiger partial charge in [0.25, 0.3) is 5.56 Å². The topological polar surface area (TPSA) is 84.1 Å². The molecule has 0 bridgehead atoms. The van der Waals surface area contributed by atoms with Crippen LogP contribution in [0.25, 0.3) is 0 Å². The zero-order valence-corrected chi connectivity index (χ0v) is 18.3. The largest absolute Gasteiger partial charge is 0.497 e. The van der Waals surface area contributed by atoms with Crippen molar-refractivity contribution in [2.75, 3.05) is 7.11 Å². The maximum absolute atomic E-state index is 12.5. The van der Waals surface area contributed by atoms with Gasteiger partial charge in [0.2, 0.25) is 5.91 Å². The van der Waals surface area contributed by atoms with Crippen molar-refractivity contribution in [3.63, 3.8) is 0 Å². The lowest BCUT2D eigenvalue weighted by Crippen LogP contribution is -2.29. The van der Waals surface area contributed by atoms with E-state index in [9.17, 15) is 9.59 Å². The Kier molecular flexibility index (Phi) is 7.54. The van der Waals surface area contributed by atoms with Gasteiger partial charge in [-0.15, -0.1) is 0 Å². The van der Waals surface area contributed by atoms with Gasteiger partial charge in [-0.1, -0.05) is 53.7 Å². The fourth-order valence-corrected chi connectivity index (χ4v) is 3.89. The van der Waals surface area contributed by atoms with Crippen molar-refractivity contribution in [3.8, 4) is 5.75 Å². The van der Waals surface area contributed by atoms with Crippen LogP contribution in [-0.2, 0) is 23.5 Å². The smallest absolute Gasteiger partial charge is 0.255 e. The van der Waals surface area contributed by atoms with Gasteiger partial charge in [-0.2, -0.15) is 0 Å². The molecule has 0 spiro atoms. The number of carbonyl (C=O) groups excluding carboxylic acids is 1. The van der Waals surface area contributed by atoms with E-state index in [1.165, 1.54) is 11.8 Å². The Morgan fingerprint density at radius 1 is 1.23 bits per heavy atom. The van der Waals surface area contributed by atoms with E-state index >= 15 is 0 Å². The van der Waals surface area contributed by atoms with Crippen molar-refractivity contribution < 1.29 is 9.53 Å². The number of rotatable bonds is 8. The average molecular weight is 444 g/mol. The molecule has 0 radical (unpaired) electrons. The van der Waals surface area contributed by atoms with Crippen LogP contribution in [0.15, 0.2) is 58.5 Å². The Bertz CT molecular complexity index is 1100. The molecule has 0 saturated carbocycles. The van der Waals surface area contributed by atoms with E-state index in [0.717, 1.165) is 16.9 Å². The second kappa shape index (κ2) is 10.3. The number of H-pyrrole nitrogens is 1. The summed E-state index contributed by atoms with van der Waals surface area (Å²) in [5.74, 6) is 1.16. The summed E-state index contributed by atoms with van der Waals surface area (Å²) in [6, 6.07) is 15.0. The lowest BCUT2D eigenvalue weighted by Gasteiger charge is -2.09. The van der Waals surface area contributed by atoms with E-state index in [1.807, 2.05) is 42.5 Å². The van der Waals surface area contributed by atoms with Crippen LogP contribution < -0.4 is 15.6 Å². The van der Waals surface area contributed by atoms with Gasteiger partial charge in [-0.25, -0.2) is 4.98 Å². The van der Waals surface area contributed by atoms with E-state index in [4.69, 9.17) is 16.3 Å². The Labute approximate surface area is 184 Å². The molecule has 0 saturated heterocycles. The number of hydrogen-bond acceptors (Lipinski definition) is 5. The lowest BCUT2D eigenvalue weighted by atomic mass is 10.1. The molecule has 0 fully saturated rings. The van der Waals surface area contributed by atoms with Gasteiger partial charge >= 0.3 is 0 Å². The number of hydrogen-bond donors (Lipinski definition) is 2. The number of aryl methyl sites for hydroxylation is 1. The monoisotopic (exact) mass is 443 g/mol. The second-order valence-electron chi connectivity index (χ2n) is 6.62. The number of aromatic nitrogens is 2. The van der Waals surface area contributed by atoms with Gasteiger partial charge in [0, 0.05) is 28.6 Å². The normalized spacial score (nSPS) is 10.6. The number of carbonyl (C=O) groups is 1. The molecule has 0 atom stereocenters. The molecule has 3 aromatic rings. The summed E-state index contributed by atoms with van der Waals surface area (Å²) in [7, 11) is 1.62. The van der Waals surface area contributed by atoms with E-state index < -0.39 is 0 Å². The molecule has 3 rings (SSSR count). The molecule has 30 heavy (non-hydrogen) atoms. The highest BCUT2D eigenvalue weighted by Gasteiger charge is 2.13. The number of nitrogens with one attached hydrogen (secondary N) is 2. The summed E-state index contributed by atoms with van der Waals surface area (Å²) in [4.78, 5) is 32.0. The Balaban J connectivity index is 1.62. The van der Waals surface area contributed by atoms with Crippen molar-refractivity contribution in [1.29, 1.82) is 0 Å². The molecule has 6 nitrogen and oxygen atoms in total. The lowest BCUT2D eigenvalue weighted by molar-refractivity contribution is -0.120. The fraction of sp³-hybridized carbons (Fsp3) is 0.227. The summed E-state index contributed by atoms with van der Waals surface area (Å²) in [6.07, 6.45) is -0.0422. The van der Waals surface area contributed by atoms with Gasteiger partial charge in [-0.05, 0) is 36.2 Å². The summed E-state index contributed by atoms with van der Waals surface area (Å²) in [5, 5.41) is 3.90. The summed E-state index contributed by atoms with van der Waals surface area (Å²) in [6.45, 7) is 2.04. The summed E-state index contributed by atoms with van der Waals surface area (Å²) >= 11 is 7.52. The minimum atomic E-state index is -0.302. The van der Waals surface area contributed by atoms with E-state index in [0.29, 0.717) is 33.7 Å². The van der Waals surface area contributed by atoms with Crippen molar-refractivity contribution >= 4 is 29.3 Å². The van der Waals surface area contributed by atoms with E-state index in [-0.39, 0.29) is 17.9 Å². The first kappa shape index (κ1) is 21.9. The van der Waals surface area contributed by atoms with Crippen LogP contribution in [-0.4, -0.2) is 23.0 Å². The van der Waals surface area contributed by atoms with Gasteiger partial charge in [0.15, 0.2) is 5.16 Å². The maximum atomic E-state index is 12.5. The zero-order chi connectivity index (χ0) is 21.5. The van der Waals surface area contributed by atoms with Crippen LogP contribution in [0.1, 0.15) is 22.4 Å². The van der Waals surface area contributed by atoms with Crippen molar-refractivity contribution in [3.05, 3.63) is 86.3 Å². The molecule has 0 aliphatic carbocycles. The highest BCUT2D eigenvalue weighted by Crippen LogP contribution is 2.22. The standard InChI is InChI=1S/C22H22ClN3O3S/c1-14-18(11-20(27)24-12-16-7-3-4-9-19(16)23)21(28)26-22(25-14)30-13-15-6-5-8-17(10-15)29-2/h3-10H,11-13H2,1-2H3,(H,24,27)(H,25,26,28). The van der Waals surface area contributed by atoms with Crippen LogP contribution in [0.4, 0.5) is 0 Å². The molecule has 1 amide bonds. The number of aromatic amines is 1. The third kappa shape index (κ3) is 5.87. The molecule has 2 N–H and O–H groups in total. The predicted molar refractivity (Wildman–Crippen MR) is 119 cm³/mol. The average Bonchev–Trinajstić information content (AvgIpc) is 2.74. The van der Waals surface area contributed by atoms with Crippen LogP contribution >= 0.6 is 23.4 Å². The molecule has 1 heterocycles. The molecule has 156 valence electrons. The summed E-state index contributed by atoms with van der Waals surface area (Å²) < 4.78 is 5.22. The molecule has 0 aliphatic rings. The number of ether oxygens (including phenoxy) is 1. The number of amides is 1. The van der Waals surface area contributed by atoms with Gasteiger partial charge in [0.05, 0.1) is 13.5 Å². The number of halogens is 1. The Hall–Kier alpha value is -2.77. The second-order valence-corrected chi connectivity index (χ2v) is 7.99. The molecule has 1 aromatic heterocycles. The molecule has 0 unspecified atom stereocenters. The van der Waals surface area contributed by atoms with Gasteiger partial charge in [-0.3, -0.25) is 9.59 Å². The van der Waals surface area contributed by atoms with Crippen LogP contribution in [0, 0.1) is 6.92 Å². The molecule has 8 heteroatoms. The van der Waals surface area contributed by atoms with Gasteiger partial charge < -0.3 is 15.0 Å². The first-order chi connectivity index (χ1) is 14.5. The van der Waals surface area contributed by atoms with Crippen molar-refractivity contribution in [2.45, 2.75) is 30.8 Å². The quantitative estimate of drug-likeness (QED) is 0.407. The van der Waals surface area contributed by atoms with Gasteiger partial charge in [0.1, 0.15) is 5.75 Å². The molecular weight excluding hydrogens is 422 g/mol. The number of benzene rings is 2. The minimum Gasteiger partial charge on any atom is -0.497 e. The van der Waals surface area contributed by atoms with Crippen LogP contribution in [0.2, 0.25) is 5.02 Å². The van der Waals surface area contributed by atoms with Crippen LogP contribution in [0.3, 0.4) is 0 Å². The fourth-order valence-electron chi connectivity index (χ4n) is 2.83. The van der Waals surface area contributed by atoms with Crippen molar-refractivity contribution in [2.24, 2.45) is 0 Å². The Morgan fingerprint density at radius 2 is 2.03 bits per heavy atom. The number of nitrogens with zero attached hydrogens (tertiary/aromatic N) is 1. The third-order valence-electron chi connectivity index (χ3n) is 4.48.